The van der Waals surface area contributed by atoms with E-state index in [0.717, 1.165) is 32.4 Å². The molecule has 3 N–H and O–H groups in total. The fourth-order valence-electron chi connectivity index (χ4n) is 7.56. The Morgan fingerprint density at radius 2 is 1.63 bits per heavy atom. The van der Waals surface area contributed by atoms with Crippen molar-refractivity contribution in [1.82, 2.24) is 23.7 Å². The maximum atomic E-state index is 14.8. The van der Waals surface area contributed by atoms with Crippen molar-refractivity contribution in [2.75, 3.05) is 24.4 Å². The van der Waals surface area contributed by atoms with Crippen molar-refractivity contribution in [2.45, 2.75) is 63.7 Å². The average Bonchev–Trinajstić information content (AvgIpc) is 3.88. The predicted octanol–water partition coefficient (Wildman–Crippen LogP) is 9.20. The molecule has 15 nitrogen and oxygen atoms in total. The van der Waals surface area contributed by atoms with Gasteiger partial charge in [0.05, 0.1) is 22.6 Å². The van der Waals surface area contributed by atoms with E-state index in [-0.39, 0.29) is 34.4 Å². The molecule has 0 fully saturated rings. The number of carboxylic acid groups (broad SMARTS) is 1. The monoisotopic (exact) mass is 958 g/mol. The molecular weight excluding hydrogens is 913 g/mol. The molecule has 5 aromatic carbocycles. The van der Waals surface area contributed by atoms with Gasteiger partial charge in [-0.05, 0) is 102 Å². The first kappa shape index (κ1) is 44.8. The number of fused-ring (bicyclic) bond motifs is 2. The lowest BCUT2D eigenvalue weighted by atomic mass is 10.1. The lowest BCUT2D eigenvalue weighted by Gasteiger charge is -2.30. The first-order valence-corrected chi connectivity index (χ1v) is 23.2. The fourth-order valence-corrected chi connectivity index (χ4v) is 9.22. The lowest BCUT2D eigenvalue weighted by Crippen LogP contribution is -2.45. The molecule has 17 heteroatoms. The third-order valence-corrected chi connectivity index (χ3v) is 13.5. The zero-order valence-electron chi connectivity index (χ0n) is 36.1. The Bertz CT molecular complexity index is 3030. The molecule has 1 aliphatic rings. The zero-order chi connectivity index (χ0) is 45.8. The van der Waals surface area contributed by atoms with Crippen LogP contribution in [-0.2, 0) is 32.4 Å². The number of rotatable bonds is 17. The Morgan fingerprint density at radius 3 is 2.37 bits per heavy atom. The number of benzene rings is 5. The number of aliphatic imine (C=N–C) groups is 1. The summed E-state index contributed by atoms with van der Waals surface area (Å²) in [4.78, 5) is 31.5. The van der Waals surface area contributed by atoms with Gasteiger partial charge in [0, 0.05) is 41.7 Å². The average molecular weight is 960 g/mol. The molecule has 0 aliphatic carbocycles. The molecule has 1 amide bonds. The Morgan fingerprint density at radius 1 is 0.877 bits per heavy atom. The molecular formula is C48H47BrN8O7S. The van der Waals surface area contributed by atoms with Gasteiger partial charge in [-0.3, -0.25) is 9.10 Å². The van der Waals surface area contributed by atoms with Crippen molar-refractivity contribution in [2.24, 2.45) is 4.99 Å². The molecule has 2 aromatic heterocycles. The minimum Gasteiger partial charge on any atom is -0.478 e. The van der Waals surface area contributed by atoms with Gasteiger partial charge in [-0.15, -0.1) is 0 Å². The molecule has 1 aliphatic heterocycles. The molecule has 2 unspecified atom stereocenters. The van der Waals surface area contributed by atoms with Crippen LogP contribution in [0.4, 0.5) is 17.1 Å². The molecule has 2 atom stereocenters. The van der Waals surface area contributed by atoms with E-state index >= 15 is 0 Å². The van der Waals surface area contributed by atoms with E-state index in [2.05, 4.69) is 51.7 Å². The molecule has 65 heavy (non-hydrogen) atoms. The number of carboxylic acids is 1. The molecule has 0 bridgehead atoms. The summed E-state index contributed by atoms with van der Waals surface area (Å²) < 4.78 is 44.7. The number of aromatic nitrogens is 4. The van der Waals surface area contributed by atoms with Crippen LogP contribution in [-0.4, -0.2) is 75.0 Å². The summed E-state index contributed by atoms with van der Waals surface area (Å²) in [5, 5.41) is 25.8. The number of sulfonamides is 1. The second-order valence-corrected chi connectivity index (χ2v) is 18.4. The molecule has 0 radical (unpaired) electrons. The minimum atomic E-state index is -4.16. The molecule has 0 saturated heterocycles. The fraction of sp³-hybridized carbons (Fsp3) is 0.229. The Balaban J connectivity index is 1.07. The second kappa shape index (κ2) is 19.1. The normalized spacial score (nSPS) is 14.0. The van der Waals surface area contributed by atoms with Gasteiger partial charge >= 0.3 is 5.97 Å². The molecule has 0 saturated carbocycles. The maximum absolute atomic E-state index is 14.8. The van der Waals surface area contributed by atoms with E-state index in [1.54, 1.807) is 28.8 Å². The maximum Gasteiger partial charge on any atom is 0.335 e. The lowest BCUT2D eigenvalue weighted by molar-refractivity contribution is -0.117. The highest BCUT2D eigenvalue weighted by Crippen LogP contribution is 2.36. The summed E-state index contributed by atoms with van der Waals surface area (Å²) in [5.41, 5.74) is 6.33. The highest BCUT2D eigenvalue weighted by atomic mass is 79.9. The van der Waals surface area contributed by atoms with Crippen molar-refractivity contribution >= 4 is 66.4 Å². The number of carbonyl (C=O) groups excluding carboxylic acids is 1. The van der Waals surface area contributed by atoms with Crippen LogP contribution in [0.5, 0.6) is 5.75 Å². The molecule has 0 spiro atoms. The largest absolute Gasteiger partial charge is 0.478 e. The van der Waals surface area contributed by atoms with Crippen LogP contribution in [0.1, 0.15) is 58.7 Å². The molecule has 8 rings (SSSR count). The van der Waals surface area contributed by atoms with Gasteiger partial charge in [0.2, 0.25) is 6.29 Å². The summed E-state index contributed by atoms with van der Waals surface area (Å²) in [5.74, 6) is -0.696. The van der Waals surface area contributed by atoms with Crippen LogP contribution >= 0.6 is 15.9 Å². The minimum absolute atomic E-state index is 0.00911. The van der Waals surface area contributed by atoms with Gasteiger partial charge in [0.25, 0.3) is 15.9 Å². The molecule has 3 heterocycles. The van der Waals surface area contributed by atoms with Crippen molar-refractivity contribution in [3.63, 3.8) is 0 Å². The zero-order valence-corrected chi connectivity index (χ0v) is 38.5. The number of hydrogen-bond donors (Lipinski definition) is 3. The SMILES string of the molecule is CCC(OCNc1ccc(CCCc2nn(C(C(=O)Nc3cc(C(=O)O)ccc3Br)C3=Nc4ccccc4S(=O)(=O)N3C)c3cc(-c4ccccc4)nn23)cc1)Oc1ccc(C)cc1C. The summed E-state index contributed by atoms with van der Waals surface area (Å²) in [7, 11) is -2.81. The van der Waals surface area contributed by atoms with Gasteiger partial charge in [0.1, 0.15) is 17.4 Å². The summed E-state index contributed by atoms with van der Waals surface area (Å²) in [6.07, 6.45) is 2.07. The Labute approximate surface area is 384 Å². The Kier molecular flexibility index (Phi) is 13.2. The number of likely N-dealkylation sites (N-methyl/N-ethyl adjacent to an activating group) is 1. The second-order valence-electron chi connectivity index (χ2n) is 15.6. The van der Waals surface area contributed by atoms with E-state index in [1.807, 2.05) is 68.4 Å². The number of para-hydroxylation sites is 1. The van der Waals surface area contributed by atoms with Crippen molar-refractivity contribution in [3.05, 3.63) is 154 Å². The van der Waals surface area contributed by atoms with E-state index in [9.17, 15) is 23.1 Å². The highest BCUT2D eigenvalue weighted by Gasteiger charge is 2.41. The van der Waals surface area contributed by atoms with Gasteiger partial charge in [0.15, 0.2) is 23.3 Å². The van der Waals surface area contributed by atoms with Gasteiger partial charge in [-0.25, -0.2) is 22.9 Å². The summed E-state index contributed by atoms with van der Waals surface area (Å²) >= 11 is 3.42. The van der Waals surface area contributed by atoms with Crippen LogP contribution in [0.25, 0.3) is 16.9 Å². The van der Waals surface area contributed by atoms with E-state index in [4.69, 9.17) is 24.7 Å². The van der Waals surface area contributed by atoms with Crippen molar-refractivity contribution in [3.8, 4) is 17.0 Å². The number of aryl methyl sites for hydroxylation is 4. The topological polar surface area (TPSA) is 182 Å². The number of nitrogens with zero attached hydrogens (tertiary/aromatic N) is 6. The Hall–Kier alpha value is -6.82. The highest BCUT2D eigenvalue weighted by molar-refractivity contribution is 9.10. The number of ether oxygens (including phenoxy) is 2. The van der Waals surface area contributed by atoms with Crippen LogP contribution in [0.15, 0.2) is 136 Å². The third-order valence-electron chi connectivity index (χ3n) is 11.0. The van der Waals surface area contributed by atoms with Crippen LogP contribution in [0.3, 0.4) is 0 Å². The first-order chi connectivity index (χ1) is 31.3. The number of nitrogens with one attached hydrogen (secondary N) is 2. The number of amidine groups is 1. The van der Waals surface area contributed by atoms with Crippen LogP contribution in [0.2, 0.25) is 0 Å². The van der Waals surface area contributed by atoms with Crippen LogP contribution < -0.4 is 15.4 Å². The number of hydrogen-bond acceptors (Lipinski definition) is 10. The summed E-state index contributed by atoms with van der Waals surface area (Å²) in [6.45, 7) is 6.35. The number of anilines is 2. The third kappa shape index (κ3) is 9.67. The first-order valence-electron chi connectivity index (χ1n) is 21.0. The van der Waals surface area contributed by atoms with E-state index in [1.165, 1.54) is 41.6 Å². The van der Waals surface area contributed by atoms with Crippen molar-refractivity contribution in [1.29, 1.82) is 0 Å². The summed E-state index contributed by atoms with van der Waals surface area (Å²) in [6, 6.07) is 34.6. The van der Waals surface area contributed by atoms with E-state index < -0.39 is 34.2 Å². The van der Waals surface area contributed by atoms with Gasteiger partial charge in [-0.1, -0.05) is 79.2 Å². The van der Waals surface area contributed by atoms with Gasteiger partial charge in [-0.2, -0.15) is 14.7 Å². The van der Waals surface area contributed by atoms with Crippen molar-refractivity contribution < 1.29 is 32.6 Å². The number of halogens is 1. The smallest absolute Gasteiger partial charge is 0.335 e. The van der Waals surface area contributed by atoms with Crippen LogP contribution in [0, 0.1) is 13.8 Å². The quantitative estimate of drug-likeness (QED) is 0.0745. The van der Waals surface area contributed by atoms with E-state index in [0.29, 0.717) is 47.3 Å². The molecule has 334 valence electrons. The molecule has 7 aromatic rings. The van der Waals surface area contributed by atoms with Gasteiger partial charge < -0.3 is 25.2 Å². The number of carbonyl (C=O) groups is 2. The number of amides is 1. The number of aromatic carboxylic acids is 1. The predicted molar refractivity (Wildman–Crippen MR) is 252 cm³/mol. The standard InChI is InChI=1S/C48H47BrN8O7S/c1-5-44(64-40-25-18-30(2)26-31(40)3)63-29-50-35-22-19-32(20-23-35)12-11-17-42-54-57(43-28-38(53-56(42)43)33-13-7-6-8-14-33)45(47(58)52-39-27-34(48(59)60)21-24-36(39)49)46-51-37-15-9-10-16-41(37)65(61,62)55(46)4/h6-10,13-16,18-28,44-45,50H,5,11-12,17,29H2,1-4H3,(H,52,58)(H,59,60).